The minimum atomic E-state index is -1.16. The molecule has 4 heteroatoms. The van der Waals surface area contributed by atoms with Gasteiger partial charge < -0.3 is 10.2 Å². The predicted octanol–water partition coefficient (Wildman–Crippen LogP) is 1.13. The summed E-state index contributed by atoms with van der Waals surface area (Å²) in [6.07, 6.45) is 1.02. The number of aliphatic carboxylic acids is 2. The molecule has 2 N–H and O–H groups in total. The Hall–Kier alpha value is -1.32. The van der Waals surface area contributed by atoms with E-state index >= 15 is 0 Å². The van der Waals surface area contributed by atoms with Crippen molar-refractivity contribution >= 4 is 11.9 Å². The van der Waals surface area contributed by atoms with Crippen molar-refractivity contribution in [1.29, 1.82) is 0 Å². The van der Waals surface area contributed by atoms with Gasteiger partial charge in [-0.2, -0.15) is 0 Å². The number of rotatable bonds is 4. The Balaban J connectivity index is 4.44. The van der Waals surface area contributed by atoms with Crippen molar-refractivity contribution < 1.29 is 19.8 Å². The van der Waals surface area contributed by atoms with Crippen LogP contribution in [0.2, 0.25) is 0 Å². The zero-order chi connectivity index (χ0) is 9.72. The molecule has 0 unspecified atom stereocenters. The second kappa shape index (κ2) is 4.54. The summed E-state index contributed by atoms with van der Waals surface area (Å²) in [6.45, 7) is 3.59. The van der Waals surface area contributed by atoms with Gasteiger partial charge >= 0.3 is 11.9 Å². The van der Waals surface area contributed by atoms with E-state index in [2.05, 4.69) is 0 Å². The molecule has 0 rings (SSSR count). The fourth-order valence-corrected chi connectivity index (χ4v) is 0.771. The minimum Gasteiger partial charge on any atom is -0.481 e. The van der Waals surface area contributed by atoms with Crippen molar-refractivity contribution in [2.45, 2.75) is 20.3 Å². The topological polar surface area (TPSA) is 74.6 Å². The van der Waals surface area contributed by atoms with Crippen molar-refractivity contribution in [1.82, 2.24) is 0 Å². The Morgan fingerprint density at radius 3 is 2.08 bits per heavy atom. The molecule has 0 aromatic heterocycles. The first-order chi connectivity index (χ1) is 5.43. The van der Waals surface area contributed by atoms with Gasteiger partial charge in [-0.15, -0.1) is 0 Å². The van der Waals surface area contributed by atoms with Crippen LogP contribution in [0.15, 0.2) is 11.6 Å². The fourth-order valence-electron chi connectivity index (χ4n) is 0.771. The number of carboxylic acid groups (broad SMARTS) is 2. The highest BCUT2D eigenvalue weighted by molar-refractivity contribution is 5.92. The third-order valence-electron chi connectivity index (χ3n) is 1.15. The monoisotopic (exact) mass is 172 g/mol. The molecular formula is C8H12O4. The number of allylic oxidation sites excluding steroid dienone is 1. The lowest BCUT2D eigenvalue weighted by Crippen LogP contribution is -2.07. The van der Waals surface area contributed by atoms with E-state index in [4.69, 9.17) is 10.2 Å². The van der Waals surface area contributed by atoms with Gasteiger partial charge in [0.05, 0.1) is 6.42 Å². The lowest BCUT2D eigenvalue weighted by atomic mass is 10.1. The second-order valence-electron chi connectivity index (χ2n) is 2.81. The summed E-state index contributed by atoms with van der Waals surface area (Å²) in [5.74, 6) is -2.23. The summed E-state index contributed by atoms with van der Waals surface area (Å²) in [7, 11) is 0. The van der Waals surface area contributed by atoms with Crippen molar-refractivity contribution in [2.75, 3.05) is 0 Å². The summed E-state index contributed by atoms with van der Waals surface area (Å²) in [5.41, 5.74) is -0.0579. The highest BCUT2D eigenvalue weighted by Gasteiger charge is 2.11. The van der Waals surface area contributed by atoms with Crippen molar-refractivity contribution in [3.63, 3.8) is 0 Å². The van der Waals surface area contributed by atoms with Crippen molar-refractivity contribution in [3.05, 3.63) is 11.6 Å². The summed E-state index contributed by atoms with van der Waals surface area (Å²) >= 11 is 0. The van der Waals surface area contributed by atoms with Crippen LogP contribution >= 0.6 is 0 Å². The standard InChI is InChI=1S/C8H12O4/c1-5(2)3-6(8(11)12)4-7(9)10/h3,5H,4H2,1-2H3,(H,9,10)(H,11,12). The van der Waals surface area contributed by atoms with Gasteiger partial charge in [-0.1, -0.05) is 19.9 Å². The van der Waals surface area contributed by atoms with E-state index in [1.54, 1.807) is 13.8 Å². The first-order valence-electron chi connectivity index (χ1n) is 3.59. The Morgan fingerprint density at radius 2 is 1.83 bits per heavy atom. The average Bonchev–Trinajstić information content (AvgIpc) is 1.83. The van der Waals surface area contributed by atoms with E-state index in [0.717, 1.165) is 0 Å². The smallest absolute Gasteiger partial charge is 0.331 e. The van der Waals surface area contributed by atoms with Crippen LogP contribution in [0.5, 0.6) is 0 Å². The van der Waals surface area contributed by atoms with E-state index in [9.17, 15) is 9.59 Å². The summed E-state index contributed by atoms with van der Waals surface area (Å²) in [5, 5.41) is 16.9. The van der Waals surface area contributed by atoms with Gasteiger partial charge in [0.2, 0.25) is 0 Å². The summed E-state index contributed by atoms with van der Waals surface area (Å²) in [6, 6.07) is 0. The molecule has 0 bridgehead atoms. The normalized spacial score (nSPS) is 11.8. The average molecular weight is 172 g/mol. The Morgan fingerprint density at radius 1 is 1.33 bits per heavy atom. The van der Waals surface area contributed by atoms with E-state index in [1.807, 2.05) is 0 Å². The third kappa shape index (κ3) is 4.49. The molecule has 0 saturated carbocycles. The van der Waals surface area contributed by atoms with E-state index in [1.165, 1.54) is 6.08 Å². The lowest BCUT2D eigenvalue weighted by Gasteiger charge is -2.00. The first kappa shape index (κ1) is 10.7. The van der Waals surface area contributed by atoms with Gasteiger partial charge in [-0.3, -0.25) is 4.79 Å². The quantitative estimate of drug-likeness (QED) is 0.623. The molecule has 0 spiro atoms. The first-order valence-corrected chi connectivity index (χ1v) is 3.59. The Labute approximate surface area is 70.5 Å². The van der Waals surface area contributed by atoms with E-state index < -0.39 is 18.4 Å². The molecule has 0 fully saturated rings. The zero-order valence-electron chi connectivity index (χ0n) is 7.07. The molecule has 0 aromatic carbocycles. The van der Waals surface area contributed by atoms with Crippen LogP contribution in [-0.2, 0) is 9.59 Å². The Kier molecular flexibility index (Phi) is 4.04. The molecule has 12 heavy (non-hydrogen) atoms. The molecule has 68 valence electrons. The van der Waals surface area contributed by atoms with Gasteiger partial charge in [0, 0.05) is 5.57 Å². The SMILES string of the molecule is CC(C)C=C(CC(=O)O)C(=O)O. The van der Waals surface area contributed by atoms with Crippen LogP contribution in [0, 0.1) is 5.92 Å². The second-order valence-corrected chi connectivity index (χ2v) is 2.81. The maximum atomic E-state index is 10.4. The van der Waals surface area contributed by atoms with Crippen molar-refractivity contribution in [2.24, 2.45) is 5.92 Å². The van der Waals surface area contributed by atoms with Gasteiger partial charge in [0.25, 0.3) is 0 Å². The van der Waals surface area contributed by atoms with Crippen LogP contribution < -0.4 is 0 Å². The molecular weight excluding hydrogens is 160 g/mol. The minimum absolute atomic E-state index is 0.0513. The highest BCUT2D eigenvalue weighted by Crippen LogP contribution is 2.06. The molecule has 0 aliphatic heterocycles. The van der Waals surface area contributed by atoms with Crippen LogP contribution in [0.1, 0.15) is 20.3 Å². The largest absolute Gasteiger partial charge is 0.481 e. The molecule has 0 radical (unpaired) electrons. The molecule has 0 atom stereocenters. The molecule has 0 aromatic rings. The highest BCUT2D eigenvalue weighted by atomic mass is 16.4. The fraction of sp³-hybridized carbons (Fsp3) is 0.500. The number of carboxylic acids is 2. The third-order valence-corrected chi connectivity index (χ3v) is 1.15. The van der Waals surface area contributed by atoms with Gasteiger partial charge in [-0.05, 0) is 5.92 Å². The zero-order valence-corrected chi connectivity index (χ0v) is 7.07. The predicted molar refractivity (Wildman–Crippen MR) is 42.8 cm³/mol. The van der Waals surface area contributed by atoms with Gasteiger partial charge in [-0.25, -0.2) is 4.79 Å². The van der Waals surface area contributed by atoms with Crippen LogP contribution in [0.25, 0.3) is 0 Å². The number of hydrogen-bond donors (Lipinski definition) is 2. The van der Waals surface area contributed by atoms with E-state index in [-0.39, 0.29) is 11.5 Å². The molecule has 0 aliphatic rings. The van der Waals surface area contributed by atoms with E-state index in [0.29, 0.717) is 0 Å². The maximum absolute atomic E-state index is 10.4. The van der Waals surface area contributed by atoms with Crippen molar-refractivity contribution in [3.8, 4) is 0 Å². The molecule has 0 aliphatic carbocycles. The van der Waals surface area contributed by atoms with Gasteiger partial charge in [0.1, 0.15) is 0 Å². The van der Waals surface area contributed by atoms with Crippen LogP contribution in [-0.4, -0.2) is 22.2 Å². The van der Waals surface area contributed by atoms with Crippen LogP contribution in [0.3, 0.4) is 0 Å². The van der Waals surface area contributed by atoms with Crippen LogP contribution in [0.4, 0.5) is 0 Å². The Bertz CT molecular complexity index is 215. The molecule has 0 amide bonds. The molecule has 0 heterocycles. The van der Waals surface area contributed by atoms with Gasteiger partial charge in [0.15, 0.2) is 0 Å². The summed E-state index contributed by atoms with van der Waals surface area (Å²) in [4.78, 5) is 20.6. The number of hydrogen-bond acceptors (Lipinski definition) is 2. The molecule has 0 saturated heterocycles. The number of carbonyl (C=O) groups is 2. The maximum Gasteiger partial charge on any atom is 0.331 e. The summed E-state index contributed by atoms with van der Waals surface area (Å²) < 4.78 is 0. The molecule has 4 nitrogen and oxygen atoms in total. The lowest BCUT2D eigenvalue weighted by molar-refractivity contribution is -0.139.